The number of hydrogen-bond donors (Lipinski definition) is 1. The van der Waals surface area contributed by atoms with Crippen LogP contribution in [0.15, 0.2) is 69.7 Å². The monoisotopic (exact) mass is 536 g/mol. The number of halogens is 3. The van der Waals surface area contributed by atoms with Crippen LogP contribution in [0.4, 0.5) is 13.2 Å². The molecule has 2 aromatic heterocycles. The van der Waals surface area contributed by atoms with Crippen molar-refractivity contribution in [1.82, 2.24) is 9.29 Å². The van der Waals surface area contributed by atoms with Gasteiger partial charge in [0.25, 0.3) is 5.56 Å². The Hall–Kier alpha value is -3.35. The highest BCUT2D eigenvalue weighted by atomic mass is 32.2. The maximum atomic E-state index is 13.7. The van der Waals surface area contributed by atoms with Crippen LogP contribution < -0.4 is 15.0 Å². The van der Waals surface area contributed by atoms with Gasteiger partial charge < -0.3 is 14.5 Å². The van der Waals surface area contributed by atoms with Gasteiger partial charge in [0.2, 0.25) is 10.0 Å². The summed E-state index contributed by atoms with van der Waals surface area (Å²) in [6.07, 6.45) is -4.88. The summed E-state index contributed by atoms with van der Waals surface area (Å²) in [5.74, 6) is 0.955. The smallest absolute Gasteiger partial charge is 0.417 e. The molecular formula is C24H19F3N2O5S2. The third kappa shape index (κ3) is 4.71. The molecule has 0 radical (unpaired) electrons. The lowest BCUT2D eigenvalue weighted by molar-refractivity contribution is -0.139. The zero-order valence-corrected chi connectivity index (χ0v) is 20.2. The molecule has 0 saturated heterocycles. The van der Waals surface area contributed by atoms with Gasteiger partial charge in [-0.05, 0) is 35.7 Å². The summed E-state index contributed by atoms with van der Waals surface area (Å²) in [7, 11) is -4.65. The lowest BCUT2D eigenvalue weighted by atomic mass is 10.1. The van der Waals surface area contributed by atoms with Gasteiger partial charge in [-0.2, -0.15) is 17.5 Å². The van der Waals surface area contributed by atoms with Crippen molar-refractivity contribution in [2.24, 2.45) is 0 Å². The first-order valence-electron chi connectivity index (χ1n) is 10.8. The molecule has 0 fully saturated rings. The average molecular weight is 537 g/mol. The molecule has 1 N–H and O–H groups in total. The van der Waals surface area contributed by atoms with Crippen molar-refractivity contribution < 1.29 is 31.1 Å². The zero-order chi connectivity index (χ0) is 25.5. The summed E-state index contributed by atoms with van der Waals surface area (Å²) in [6, 6.07) is 12.2. The highest BCUT2D eigenvalue weighted by Crippen LogP contribution is 2.37. The first kappa shape index (κ1) is 24.3. The molecule has 12 heteroatoms. The summed E-state index contributed by atoms with van der Waals surface area (Å²) in [5, 5.41) is 2.30. The van der Waals surface area contributed by atoms with Crippen LogP contribution in [0.5, 0.6) is 11.5 Å². The number of alkyl halides is 3. The number of benzene rings is 2. The molecule has 1 aliphatic heterocycles. The molecule has 7 nitrogen and oxygen atoms in total. The molecule has 0 bridgehead atoms. The number of aromatic nitrogens is 1. The molecule has 5 rings (SSSR count). The molecule has 2 aromatic carbocycles. The third-order valence-electron chi connectivity index (χ3n) is 5.65. The average Bonchev–Trinajstić information content (AvgIpc) is 3.35. The van der Waals surface area contributed by atoms with Crippen LogP contribution in [0.1, 0.15) is 16.0 Å². The fourth-order valence-corrected chi connectivity index (χ4v) is 6.37. The predicted octanol–water partition coefficient (Wildman–Crippen LogP) is 4.77. The van der Waals surface area contributed by atoms with Gasteiger partial charge in [-0.25, -0.2) is 8.42 Å². The van der Waals surface area contributed by atoms with E-state index < -0.39 is 38.8 Å². The van der Waals surface area contributed by atoms with Crippen molar-refractivity contribution in [1.29, 1.82) is 0 Å². The standard InChI is InChI=1S/C24H19F3N2O5S2/c25-24(26,27)18-5-1-2-6-22(18)36(31,32)29(14-17-4-3-9-35-17)13-16-10-15-11-20-21(34-8-7-33-20)12-19(15)28-23(16)30/h1-6,9-12H,7-8,13-14H2,(H,28,30). The van der Waals surface area contributed by atoms with E-state index in [0.717, 1.165) is 22.5 Å². The summed E-state index contributed by atoms with van der Waals surface area (Å²) in [6.45, 7) is 0.0902. The molecule has 1 aliphatic rings. The van der Waals surface area contributed by atoms with E-state index in [4.69, 9.17) is 9.47 Å². The number of pyridine rings is 1. The number of thiophene rings is 1. The van der Waals surface area contributed by atoms with Gasteiger partial charge in [-0.15, -0.1) is 11.3 Å². The van der Waals surface area contributed by atoms with Crippen molar-refractivity contribution in [2.75, 3.05) is 13.2 Å². The highest BCUT2D eigenvalue weighted by molar-refractivity contribution is 7.89. The van der Waals surface area contributed by atoms with Crippen LogP contribution in [0.2, 0.25) is 0 Å². The SMILES string of the molecule is O=c1[nH]c2cc3c(cc2cc1CN(Cc1cccs1)S(=O)(=O)c1ccccc1C(F)(F)F)OCCO3. The second kappa shape index (κ2) is 9.26. The first-order chi connectivity index (χ1) is 17.1. The number of rotatable bonds is 6. The molecule has 0 atom stereocenters. The summed E-state index contributed by atoms with van der Waals surface area (Å²) in [5.41, 5.74) is -1.29. The number of fused-ring (bicyclic) bond motifs is 2. The van der Waals surface area contributed by atoms with Crippen molar-refractivity contribution in [2.45, 2.75) is 24.2 Å². The van der Waals surface area contributed by atoms with Gasteiger partial charge >= 0.3 is 6.18 Å². The number of nitrogens with zero attached hydrogens (tertiary/aromatic N) is 1. The second-order valence-corrected chi connectivity index (χ2v) is 11.0. The molecule has 0 unspecified atom stereocenters. The van der Waals surface area contributed by atoms with Crippen LogP contribution in [0.25, 0.3) is 10.9 Å². The Balaban J connectivity index is 1.59. The van der Waals surface area contributed by atoms with E-state index in [1.54, 1.807) is 29.6 Å². The van der Waals surface area contributed by atoms with Gasteiger partial charge in [0.05, 0.1) is 16.0 Å². The van der Waals surface area contributed by atoms with Crippen LogP contribution in [-0.4, -0.2) is 30.9 Å². The lowest BCUT2D eigenvalue weighted by Crippen LogP contribution is -2.33. The number of aromatic amines is 1. The lowest BCUT2D eigenvalue weighted by Gasteiger charge is -2.24. The van der Waals surface area contributed by atoms with E-state index in [2.05, 4.69) is 4.98 Å². The molecule has 4 aromatic rings. The second-order valence-electron chi connectivity index (χ2n) is 8.05. The number of hydrogen-bond acceptors (Lipinski definition) is 6. The van der Waals surface area contributed by atoms with Crippen molar-refractivity contribution in [3.05, 3.63) is 86.3 Å². The minimum Gasteiger partial charge on any atom is -0.486 e. The molecule has 0 amide bonds. The maximum Gasteiger partial charge on any atom is 0.417 e. The third-order valence-corrected chi connectivity index (χ3v) is 8.36. The zero-order valence-electron chi connectivity index (χ0n) is 18.5. The Bertz CT molecular complexity index is 1580. The van der Waals surface area contributed by atoms with Crippen molar-refractivity contribution in [3.8, 4) is 11.5 Å². The molecule has 3 heterocycles. The number of ether oxygens (including phenoxy) is 2. The summed E-state index contributed by atoms with van der Waals surface area (Å²) < 4.78 is 80.2. The molecule has 36 heavy (non-hydrogen) atoms. The minimum absolute atomic E-state index is 0.0730. The van der Waals surface area contributed by atoms with E-state index >= 15 is 0 Å². The van der Waals surface area contributed by atoms with Crippen molar-refractivity contribution >= 4 is 32.3 Å². The van der Waals surface area contributed by atoms with Crippen LogP contribution in [-0.2, 0) is 29.3 Å². The fourth-order valence-electron chi connectivity index (χ4n) is 3.96. The minimum atomic E-state index is -4.88. The van der Waals surface area contributed by atoms with E-state index in [-0.39, 0.29) is 12.1 Å². The quantitative estimate of drug-likeness (QED) is 0.384. The molecule has 188 valence electrons. The van der Waals surface area contributed by atoms with Crippen LogP contribution in [0, 0.1) is 0 Å². The van der Waals surface area contributed by atoms with Crippen LogP contribution >= 0.6 is 11.3 Å². The number of H-pyrrole nitrogens is 1. The number of nitrogens with one attached hydrogen (secondary N) is 1. The van der Waals surface area contributed by atoms with E-state index in [0.29, 0.717) is 40.5 Å². The summed E-state index contributed by atoms with van der Waals surface area (Å²) in [4.78, 5) is 15.4. The van der Waals surface area contributed by atoms with Gasteiger partial charge in [-0.1, -0.05) is 18.2 Å². The van der Waals surface area contributed by atoms with E-state index in [1.165, 1.54) is 23.5 Å². The first-order valence-corrected chi connectivity index (χ1v) is 13.1. The molecule has 0 spiro atoms. The van der Waals surface area contributed by atoms with Gasteiger partial charge in [-0.3, -0.25) is 4.79 Å². The Morgan fingerprint density at radius 1 is 0.972 bits per heavy atom. The van der Waals surface area contributed by atoms with Crippen LogP contribution in [0.3, 0.4) is 0 Å². The summed E-state index contributed by atoms with van der Waals surface area (Å²) >= 11 is 1.26. The topological polar surface area (TPSA) is 88.7 Å². The fraction of sp³-hybridized carbons (Fsp3) is 0.208. The van der Waals surface area contributed by atoms with E-state index in [1.807, 2.05) is 0 Å². The highest BCUT2D eigenvalue weighted by Gasteiger charge is 2.39. The normalized spacial score (nSPS) is 13.9. The molecular weight excluding hydrogens is 517 g/mol. The Labute approximate surface area is 207 Å². The molecule has 0 saturated carbocycles. The molecule has 0 aliphatic carbocycles. The van der Waals surface area contributed by atoms with Gasteiger partial charge in [0, 0.05) is 35.0 Å². The van der Waals surface area contributed by atoms with Gasteiger partial charge in [0.15, 0.2) is 11.5 Å². The Morgan fingerprint density at radius 3 is 2.39 bits per heavy atom. The van der Waals surface area contributed by atoms with E-state index in [9.17, 15) is 26.4 Å². The Kier molecular flexibility index (Phi) is 6.27. The number of sulfonamides is 1. The predicted molar refractivity (Wildman–Crippen MR) is 128 cm³/mol. The van der Waals surface area contributed by atoms with Gasteiger partial charge in [0.1, 0.15) is 13.2 Å². The van der Waals surface area contributed by atoms with Crippen molar-refractivity contribution in [3.63, 3.8) is 0 Å². The largest absolute Gasteiger partial charge is 0.486 e. The maximum absolute atomic E-state index is 13.7. The Morgan fingerprint density at radius 2 is 1.69 bits per heavy atom.